The Bertz CT molecular complexity index is 650. The minimum Gasteiger partial charge on any atom is -0.394 e. The van der Waals surface area contributed by atoms with Crippen molar-refractivity contribution >= 4 is 5.91 Å². The van der Waals surface area contributed by atoms with E-state index in [1.165, 1.54) is 128 Å². The summed E-state index contributed by atoms with van der Waals surface area (Å²) < 4.78 is 0. The number of hydrogen-bond acceptors (Lipinski definition) is 4. The molecule has 3 unspecified atom stereocenters. The molecule has 5 heteroatoms. The molecule has 0 spiro atoms. The first-order valence-electron chi connectivity index (χ1n) is 19.1. The maximum atomic E-state index is 12.3. The van der Waals surface area contributed by atoms with Gasteiger partial charge in [-0.05, 0) is 38.5 Å². The van der Waals surface area contributed by atoms with E-state index in [9.17, 15) is 20.1 Å². The Labute approximate surface area is 273 Å². The highest BCUT2D eigenvalue weighted by molar-refractivity contribution is 5.76. The molecule has 1 amide bonds. The van der Waals surface area contributed by atoms with Crippen molar-refractivity contribution in [3.63, 3.8) is 0 Å². The normalized spacial score (nSPS) is 14.0. The van der Waals surface area contributed by atoms with Gasteiger partial charge in [0.1, 0.15) is 0 Å². The molecule has 0 aliphatic heterocycles. The van der Waals surface area contributed by atoms with Crippen LogP contribution in [0.25, 0.3) is 0 Å². The standard InChI is InChI=1S/C39H75NO4/c1-3-5-7-9-11-13-14-15-16-17-18-19-20-21-22-23-24-25-27-29-31-33-38(43)37(35-41)40-39(44)34-36(42)32-30-28-26-12-10-8-6-4-2/h10,12,31,33,36-38,41-43H,3-9,11,13-30,32,34-35H2,1-2H3,(H,40,44)/b12-10-,33-31+. The van der Waals surface area contributed by atoms with Crippen LogP contribution in [0.4, 0.5) is 0 Å². The summed E-state index contributed by atoms with van der Waals surface area (Å²) in [4.78, 5) is 12.3. The molecule has 0 aromatic rings. The second kappa shape index (κ2) is 34.7. The molecule has 44 heavy (non-hydrogen) atoms. The summed E-state index contributed by atoms with van der Waals surface area (Å²) in [6, 6.07) is -0.746. The summed E-state index contributed by atoms with van der Waals surface area (Å²) in [5, 5.41) is 32.9. The van der Waals surface area contributed by atoms with Gasteiger partial charge >= 0.3 is 0 Å². The zero-order valence-corrected chi connectivity index (χ0v) is 29.3. The topological polar surface area (TPSA) is 89.8 Å². The minimum absolute atomic E-state index is 0.00136. The molecular weight excluding hydrogens is 546 g/mol. The van der Waals surface area contributed by atoms with E-state index in [1.54, 1.807) is 6.08 Å². The number of rotatable bonds is 34. The lowest BCUT2D eigenvalue weighted by atomic mass is 10.0. The van der Waals surface area contributed by atoms with Crippen molar-refractivity contribution in [1.82, 2.24) is 5.32 Å². The average molecular weight is 622 g/mol. The van der Waals surface area contributed by atoms with E-state index in [0.717, 1.165) is 38.5 Å². The Hall–Kier alpha value is -1.17. The van der Waals surface area contributed by atoms with E-state index in [0.29, 0.717) is 6.42 Å². The lowest BCUT2D eigenvalue weighted by Gasteiger charge is -2.21. The summed E-state index contributed by atoms with van der Waals surface area (Å²) in [5.41, 5.74) is 0. The fourth-order valence-corrected chi connectivity index (χ4v) is 5.73. The smallest absolute Gasteiger partial charge is 0.222 e. The first-order valence-corrected chi connectivity index (χ1v) is 19.1. The molecule has 260 valence electrons. The summed E-state index contributed by atoms with van der Waals surface area (Å²) >= 11 is 0. The van der Waals surface area contributed by atoms with Crippen LogP contribution in [-0.2, 0) is 4.79 Å². The molecule has 0 radical (unpaired) electrons. The van der Waals surface area contributed by atoms with E-state index >= 15 is 0 Å². The van der Waals surface area contributed by atoms with Crippen LogP contribution < -0.4 is 5.32 Å². The second-order valence-electron chi connectivity index (χ2n) is 13.2. The Morgan fingerprint density at radius 1 is 0.568 bits per heavy atom. The first-order chi connectivity index (χ1) is 21.5. The number of aliphatic hydroxyl groups is 3. The Kier molecular flexibility index (Phi) is 33.8. The van der Waals surface area contributed by atoms with E-state index in [2.05, 4.69) is 31.3 Å². The van der Waals surface area contributed by atoms with E-state index < -0.39 is 18.2 Å². The molecule has 0 bridgehead atoms. The maximum absolute atomic E-state index is 12.3. The lowest BCUT2D eigenvalue weighted by molar-refractivity contribution is -0.124. The van der Waals surface area contributed by atoms with Crippen molar-refractivity contribution in [3.05, 3.63) is 24.3 Å². The lowest BCUT2D eigenvalue weighted by Crippen LogP contribution is -2.45. The van der Waals surface area contributed by atoms with Gasteiger partial charge in [-0.15, -0.1) is 0 Å². The van der Waals surface area contributed by atoms with Crippen LogP contribution in [0.2, 0.25) is 0 Å². The number of aliphatic hydroxyl groups excluding tert-OH is 3. The fourth-order valence-electron chi connectivity index (χ4n) is 5.73. The number of hydrogen-bond donors (Lipinski definition) is 4. The van der Waals surface area contributed by atoms with Gasteiger partial charge in [0, 0.05) is 0 Å². The number of nitrogens with one attached hydrogen (secondary N) is 1. The summed E-state index contributed by atoms with van der Waals surface area (Å²) in [6.07, 6.45) is 40.4. The number of allylic oxidation sites excluding steroid dienone is 3. The van der Waals surface area contributed by atoms with Crippen molar-refractivity contribution in [1.29, 1.82) is 0 Å². The highest BCUT2D eigenvalue weighted by atomic mass is 16.3. The predicted octanol–water partition coefficient (Wildman–Crippen LogP) is 10.3. The molecule has 4 N–H and O–H groups in total. The van der Waals surface area contributed by atoms with Crippen molar-refractivity contribution < 1.29 is 20.1 Å². The SMILES string of the molecule is CCCC/C=C\CCCCC(O)CC(=O)NC(CO)C(O)/C=C/CCCCCCCCCCCCCCCCCCCCC. The van der Waals surface area contributed by atoms with Crippen LogP contribution in [0.15, 0.2) is 24.3 Å². The van der Waals surface area contributed by atoms with Crippen LogP contribution in [-0.4, -0.2) is 46.1 Å². The number of carbonyl (C=O) groups excluding carboxylic acids is 1. The van der Waals surface area contributed by atoms with Crippen molar-refractivity contribution in [2.75, 3.05) is 6.61 Å². The molecule has 0 aliphatic rings. The fraction of sp³-hybridized carbons (Fsp3) is 0.872. The average Bonchev–Trinajstić information content (AvgIpc) is 3.01. The van der Waals surface area contributed by atoms with Crippen LogP contribution in [0, 0.1) is 0 Å². The van der Waals surface area contributed by atoms with Crippen LogP contribution in [0.3, 0.4) is 0 Å². The zero-order chi connectivity index (χ0) is 32.4. The third-order valence-electron chi connectivity index (χ3n) is 8.73. The second-order valence-corrected chi connectivity index (χ2v) is 13.2. The van der Waals surface area contributed by atoms with Gasteiger partial charge in [0.05, 0.1) is 31.3 Å². The summed E-state index contributed by atoms with van der Waals surface area (Å²) in [6.45, 7) is 4.14. The molecule has 0 heterocycles. The predicted molar refractivity (Wildman–Crippen MR) is 190 cm³/mol. The van der Waals surface area contributed by atoms with E-state index in [1.807, 2.05) is 6.08 Å². The van der Waals surface area contributed by atoms with Gasteiger partial charge < -0.3 is 20.6 Å². The Morgan fingerprint density at radius 3 is 1.45 bits per heavy atom. The Balaban J connectivity index is 3.65. The van der Waals surface area contributed by atoms with Gasteiger partial charge in [-0.3, -0.25) is 4.79 Å². The van der Waals surface area contributed by atoms with Crippen LogP contribution >= 0.6 is 0 Å². The van der Waals surface area contributed by atoms with Crippen LogP contribution in [0.1, 0.15) is 194 Å². The van der Waals surface area contributed by atoms with Gasteiger partial charge in [-0.25, -0.2) is 0 Å². The number of amides is 1. The van der Waals surface area contributed by atoms with Gasteiger partial charge in [-0.1, -0.05) is 173 Å². The molecule has 0 aliphatic carbocycles. The highest BCUT2D eigenvalue weighted by Gasteiger charge is 2.20. The third kappa shape index (κ3) is 30.8. The molecule has 5 nitrogen and oxygen atoms in total. The number of unbranched alkanes of at least 4 members (excludes halogenated alkanes) is 23. The van der Waals surface area contributed by atoms with Crippen molar-refractivity contribution in [2.45, 2.75) is 212 Å². The van der Waals surface area contributed by atoms with Gasteiger partial charge in [-0.2, -0.15) is 0 Å². The number of carbonyl (C=O) groups is 1. The molecule has 0 aromatic carbocycles. The monoisotopic (exact) mass is 622 g/mol. The van der Waals surface area contributed by atoms with Gasteiger partial charge in [0.15, 0.2) is 0 Å². The largest absolute Gasteiger partial charge is 0.394 e. The van der Waals surface area contributed by atoms with Crippen molar-refractivity contribution in [3.8, 4) is 0 Å². The van der Waals surface area contributed by atoms with Gasteiger partial charge in [0.25, 0.3) is 0 Å². The zero-order valence-electron chi connectivity index (χ0n) is 29.3. The van der Waals surface area contributed by atoms with Crippen molar-refractivity contribution in [2.24, 2.45) is 0 Å². The molecule has 0 rings (SSSR count). The summed E-state index contributed by atoms with van der Waals surface area (Å²) in [7, 11) is 0. The maximum Gasteiger partial charge on any atom is 0.222 e. The molecular formula is C39H75NO4. The molecule has 0 saturated heterocycles. The molecule has 0 saturated carbocycles. The first kappa shape index (κ1) is 42.8. The van der Waals surface area contributed by atoms with Crippen LogP contribution in [0.5, 0.6) is 0 Å². The highest BCUT2D eigenvalue weighted by Crippen LogP contribution is 2.15. The molecule has 0 aromatic heterocycles. The molecule has 0 fully saturated rings. The third-order valence-corrected chi connectivity index (χ3v) is 8.73. The summed E-state index contributed by atoms with van der Waals surface area (Å²) in [5.74, 6) is -0.331. The van der Waals surface area contributed by atoms with E-state index in [4.69, 9.17) is 0 Å². The van der Waals surface area contributed by atoms with Gasteiger partial charge in [0.2, 0.25) is 5.91 Å². The van der Waals surface area contributed by atoms with E-state index in [-0.39, 0.29) is 18.9 Å². The Morgan fingerprint density at radius 2 is 0.977 bits per heavy atom. The molecule has 3 atom stereocenters. The minimum atomic E-state index is -0.930. The quantitative estimate of drug-likeness (QED) is 0.0425.